The Morgan fingerprint density at radius 1 is 1.03 bits per heavy atom. The van der Waals surface area contributed by atoms with Crippen molar-refractivity contribution in [3.05, 3.63) is 67.0 Å². The Bertz CT molecular complexity index is 942. The summed E-state index contributed by atoms with van der Waals surface area (Å²) in [6, 6.07) is 19.1. The van der Waals surface area contributed by atoms with Crippen LogP contribution in [0.1, 0.15) is 19.8 Å². The van der Waals surface area contributed by atoms with Crippen molar-refractivity contribution in [3.8, 4) is 17.5 Å². The summed E-state index contributed by atoms with van der Waals surface area (Å²) >= 11 is 0. The lowest BCUT2D eigenvalue weighted by atomic mass is 10.1. The summed E-state index contributed by atoms with van der Waals surface area (Å²) in [5, 5.41) is 0. The molecule has 156 valence electrons. The van der Waals surface area contributed by atoms with Gasteiger partial charge in [0.05, 0.1) is 6.54 Å². The smallest absolute Gasteiger partial charge is 0.297 e. The minimum atomic E-state index is -0.386. The zero-order valence-corrected chi connectivity index (χ0v) is 17.2. The second kappa shape index (κ2) is 7.94. The topological polar surface area (TPSA) is 48.8 Å². The lowest BCUT2D eigenvalue weighted by molar-refractivity contribution is 0.0505. The van der Waals surface area contributed by atoms with Crippen molar-refractivity contribution in [3.63, 3.8) is 0 Å². The first-order valence-corrected chi connectivity index (χ1v) is 10.6. The van der Waals surface area contributed by atoms with E-state index in [0.29, 0.717) is 12.6 Å². The van der Waals surface area contributed by atoms with E-state index in [1.165, 1.54) is 5.69 Å². The largest absolute Gasteiger partial charge is 0.490 e. The van der Waals surface area contributed by atoms with Gasteiger partial charge in [-0.2, -0.15) is 0 Å². The van der Waals surface area contributed by atoms with E-state index in [-0.39, 0.29) is 11.7 Å². The molecule has 2 aliphatic rings. The van der Waals surface area contributed by atoms with Crippen LogP contribution in [0, 0.1) is 0 Å². The molecular formula is C24H27N3O3. The predicted molar refractivity (Wildman–Crippen MR) is 116 cm³/mol. The summed E-state index contributed by atoms with van der Waals surface area (Å²) in [5.41, 5.74) is 0.840. The molecule has 2 aromatic carbocycles. The third-order valence-corrected chi connectivity index (χ3v) is 5.75. The van der Waals surface area contributed by atoms with Gasteiger partial charge in [0, 0.05) is 44.0 Å². The highest BCUT2D eigenvalue weighted by Gasteiger charge is 2.36. The number of piperidine rings is 1. The Balaban J connectivity index is 1.11. The van der Waals surface area contributed by atoms with Crippen LogP contribution in [0.2, 0.25) is 0 Å². The van der Waals surface area contributed by atoms with Crippen LogP contribution in [-0.4, -0.2) is 41.0 Å². The van der Waals surface area contributed by atoms with E-state index in [9.17, 15) is 0 Å². The average molecular weight is 405 g/mol. The highest BCUT2D eigenvalue weighted by atomic mass is 16.6. The highest BCUT2D eigenvalue weighted by Crippen LogP contribution is 2.29. The Morgan fingerprint density at radius 3 is 2.53 bits per heavy atom. The Morgan fingerprint density at radius 2 is 1.80 bits per heavy atom. The highest BCUT2D eigenvalue weighted by molar-refractivity contribution is 5.49. The van der Waals surface area contributed by atoms with Gasteiger partial charge in [-0.3, -0.25) is 4.57 Å². The second-order valence-corrected chi connectivity index (χ2v) is 8.29. The molecule has 0 saturated carbocycles. The summed E-state index contributed by atoms with van der Waals surface area (Å²) in [5.74, 6) is 1.82. The van der Waals surface area contributed by atoms with Crippen LogP contribution >= 0.6 is 0 Å². The molecule has 0 radical (unpaired) electrons. The second-order valence-electron chi connectivity index (χ2n) is 8.29. The standard InChI is InChI=1S/C24H27N3O3/c1-24(17-27-16-13-25-23(27)30-24)18-28-20-9-7-19(8-10-20)26-14-11-22(12-15-26)29-21-5-3-2-4-6-21/h2-10,13,16,22H,11-12,14-15,17-18H2,1H3. The summed E-state index contributed by atoms with van der Waals surface area (Å²) in [6.45, 7) is 5.28. The fraction of sp³-hybridized carbons (Fsp3) is 0.375. The summed E-state index contributed by atoms with van der Waals surface area (Å²) < 4.78 is 20.1. The molecular weight excluding hydrogens is 378 g/mol. The molecule has 0 spiro atoms. The molecule has 1 unspecified atom stereocenters. The van der Waals surface area contributed by atoms with Crippen molar-refractivity contribution in [2.45, 2.75) is 38.0 Å². The van der Waals surface area contributed by atoms with Gasteiger partial charge in [0.2, 0.25) is 0 Å². The lowest BCUT2D eigenvalue weighted by Crippen LogP contribution is -2.38. The number of hydrogen-bond donors (Lipinski definition) is 0. The van der Waals surface area contributed by atoms with Crippen LogP contribution in [0.5, 0.6) is 17.5 Å². The van der Waals surface area contributed by atoms with Crippen molar-refractivity contribution in [2.24, 2.45) is 0 Å². The first kappa shape index (κ1) is 18.9. The van der Waals surface area contributed by atoms with E-state index in [4.69, 9.17) is 14.2 Å². The van der Waals surface area contributed by atoms with Gasteiger partial charge in [-0.25, -0.2) is 4.98 Å². The summed E-state index contributed by atoms with van der Waals surface area (Å²) in [4.78, 5) is 6.62. The van der Waals surface area contributed by atoms with Crippen molar-refractivity contribution in [2.75, 3.05) is 24.6 Å². The van der Waals surface area contributed by atoms with Crippen molar-refractivity contribution >= 4 is 5.69 Å². The number of para-hydroxylation sites is 1. The molecule has 3 heterocycles. The zero-order chi connectivity index (χ0) is 20.4. The normalized spacial score (nSPS) is 21.2. The van der Waals surface area contributed by atoms with E-state index in [0.717, 1.165) is 44.0 Å². The number of rotatable bonds is 6. The number of aromatic nitrogens is 2. The maximum absolute atomic E-state index is 6.10. The Kier molecular flexibility index (Phi) is 4.99. The fourth-order valence-electron chi connectivity index (χ4n) is 4.12. The molecule has 1 fully saturated rings. The van der Waals surface area contributed by atoms with Gasteiger partial charge in [-0.15, -0.1) is 0 Å². The lowest BCUT2D eigenvalue weighted by Gasteiger charge is -2.33. The third kappa shape index (κ3) is 4.08. The van der Waals surface area contributed by atoms with E-state index < -0.39 is 0 Å². The molecule has 6 heteroatoms. The van der Waals surface area contributed by atoms with Gasteiger partial charge < -0.3 is 19.1 Å². The number of fused-ring (bicyclic) bond motifs is 1. The number of anilines is 1. The molecule has 1 saturated heterocycles. The minimum Gasteiger partial charge on any atom is -0.490 e. The molecule has 1 atom stereocenters. The van der Waals surface area contributed by atoms with Gasteiger partial charge in [0.15, 0.2) is 5.60 Å². The van der Waals surface area contributed by atoms with Crippen LogP contribution in [0.4, 0.5) is 5.69 Å². The number of hydrogen-bond acceptors (Lipinski definition) is 5. The molecule has 6 nitrogen and oxygen atoms in total. The quantitative estimate of drug-likeness (QED) is 0.616. The van der Waals surface area contributed by atoms with E-state index in [2.05, 4.69) is 28.9 Å². The maximum atomic E-state index is 6.10. The molecule has 5 rings (SSSR count). The molecule has 0 N–H and O–H groups in total. The summed E-state index contributed by atoms with van der Waals surface area (Å²) in [6.07, 6.45) is 6.03. The van der Waals surface area contributed by atoms with Crippen molar-refractivity contribution in [1.29, 1.82) is 0 Å². The predicted octanol–water partition coefficient (Wildman–Crippen LogP) is 4.16. The van der Waals surface area contributed by atoms with Gasteiger partial charge >= 0.3 is 0 Å². The summed E-state index contributed by atoms with van der Waals surface area (Å²) in [7, 11) is 0. The molecule has 1 aromatic heterocycles. The van der Waals surface area contributed by atoms with Crippen molar-refractivity contribution < 1.29 is 14.2 Å². The van der Waals surface area contributed by atoms with Crippen molar-refractivity contribution in [1.82, 2.24) is 9.55 Å². The van der Waals surface area contributed by atoms with Crippen LogP contribution in [0.3, 0.4) is 0 Å². The molecule has 2 aliphatic heterocycles. The monoisotopic (exact) mass is 405 g/mol. The third-order valence-electron chi connectivity index (χ3n) is 5.75. The molecule has 3 aromatic rings. The average Bonchev–Trinajstić information content (AvgIpc) is 3.33. The number of ether oxygens (including phenoxy) is 3. The first-order chi connectivity index (χ1) is 14.7. The van der Waals surface area contributed by atoms with Crippen LogP contribution in [0.15, 0.2) is 67.0 Å². The number of imidazole rings is 1. The molecule has 0 bridgehead atoms. The SMILES string of the molecule is CC1(COc2ccc(N3CCC(Oc4ccccc4)CC3)cc2)Cn2ccnc2O1. The van der Waals surface area contributed by atoms with E-state index >= 15 is 0 Å². The Labute approximate surface area is 177 Å². The first-order valence-electron chi connectivity index (χ1n) is 10.6. The zero-order valence-electron chi connectivity index (χ0n) is 17.2. The number of benzene rings is 2. The van der Waals surface area contributed by atoms with E-state index in [1.807, 2.05) is 53.2 Å². The fourth-order valence-corrected chi connectivity index (χ4v) is 4.12. The minimum absolute atomic E-state index is 0.285. The molecule has 0 amide bonds. The Hall–Kier alpha value is -3.15. The maximum Gasteiger partial charge on any atom is 0.297 e. The molecule has 30 heavy (non-hydrogen) atoms. The van der Waals surface area contributed by atoms with Gasteiger partial charge in [-0.05, 0) is 43.3 Å². The van der Waals surface area contributed by atoms with Crippen LogP contribution in [0.25, 0.3) is 0 Å². The number of nitrogens with zero attached hydrogens (tertiary/aromatic N) is 3. The van der Waals surface area contributed by atoms with E-state index in [1.54, 1.807) is 6.20 Å². The van der Waals surface area contributed by atoms with Crippen LogP contribution < -0.4 is 19.1 Å². The molecule has 0 aliphatic carbocycles. The van der Waals surface area contributed by atoms with Gasteiger partial charge in [-0.1, -0.05) is 18.2 Å². The van der Waals surface area contributed by atoms with Gasteiger partial charge in [0.25, 0.3) is 6.01 Å². The van der Waals surface area contributed by atoms with Crippen LogP contribution in [-0.2, 0) is 6.54 Å². The van der Waals surface area contributed by atoms with Gasteiger partial charge in [0.1, 0.15) is 24.2 Å².